The van der Waals surface area contributed by atoms with Gasteiger partial charge in [-0.2, -0.15) is 0 Å². The van der Waals surface area contributed by atoms with Crippen molar-refractivity contribution in [1.29, 1.82) is 0 Å². The Morgan fingerprint density at radius 1 is 0.423 bits per heavy atom. The summed E-state index contributed by atoms with van der Waals surface area (Å²) in [5, 5.41) is 52.6. The molecule has 500 valence electrons. The fraction of sp³-hybridized carbons (Fsp3) is 0.265. The number of benzene rings is 4. The molecule has 29 heteroatoms. The number of ether oxygens (including phenoxy) is 2. The smallest absolute Gasteiger partial charge is 0.327 e. The zero-order valence-electron chi connectivity index (χ0n) is 52.1. The van der Waals surface area contributed by atoms with Gasteiger partial charge in [0.1, 0.15) is 11.4 Å². The van der Waals surface area contributed by atoms with Crippen molar-refractivity contribution in [1.82, 2.24) is 49.3 Å². The number of fused-ring (bicyclic) bond motifs is 6. The number of amides is 1. The molecule has 0 atom stereocenters. The zero-order valence-corrected chi connectivity index (χ0v) is 52.1. The number of nitrogen functional groups attached to an aromatic ring is 1. The number of nitrogens with two attached hydrogens (primary N) is 1. The molecule has 0 bridgehead atoms. The van der Waals surface area contributed by atoms with Crippen LogP contribution >= 0.6 is 0 Å². The van der Waals surface area contributed by atoms with Crippen LogP contribution in [0.4, 0.5) is 11.4 Å². The van der Waals surface area contributed by atoms with Gasteiger partial charge in [-0.3, -0.25) is 87.3 Å². The Morgan fingerprint density at radius 2 is 0.763 bits per heavy atom. The largest absolute Gasteiger partial charge is 0.480 e. The van der Waals surface area contributed by atoms with Crippen LogP contribution in [0.15, 0.2) is 134 Å². The number of carboxylic acid groups (broad SMARTS) is 5. The van der Waals surface area contributed by atoms with Gasteiger partial charge in [0.15, 0.2) is 0 Å². The Bertz CT molecular complexity index is 4290. The summed E-state index contributed by atoms with van der Waals surface area (Å²) in [7, 11) is 0. The van der Waals surface area contributed by atoms with Crippen molar-refractivity contribution in [2.75, 3.05) is 129 Å². The summed E-state index contributed by atoms with van der Waals surface area (Å²) < 4.78 is 8.85. The zero-order chi connectivity index (χ0) is 69.4. The highest BCUT2D eigenvalue weighted by Crippen LogP contribution is 2.24. The highest BCUT2D eigenvalue weighted by molar-refractivity contribution is 6.04. The molecule has 0 aliphatic carbocycles. The molecule has 4 aromatic heterocycles. The lowest BCUT2D eigenvalue weighted by Gasteiger charge is -2.30. The number of hydrogen-bond donors (Lipinski definition) is 7. The molecule has 8 aromatic rings. The lowest BCUT2D eigenvalue weighted by atomic mass is 10.1. The lowest BCUT2D eigenvalue weighted by Crippen LogP contribution is -2.49. The third-order valence-electron chi connectivity index (χ3n) is 14.6. The summed E-state index contributed by atoms with van der Waals surface area (Å²) in [6, 6.07) is 37.9. The summed E-state index contributed by atoms with van der Waals surface area (Å²) in [5.74, 6) is 3.42. The summed E-state index contributed by atoms with van der Waals surface area (Å²) in [6.07, 6.45) is 3.51. The van der Waals surface area contributed by atoms with Crippen LogP contribution in [0.3, 0.4) is 0 Å². The number of nitrogens with one attached hydrogen (secondary N) is 1. The second kappa shape index (κ2) is 35.0. The van der Waals surface area contributed by atoms with Crippen molar-refractivity contribution in [2.45, 2.75) is 0 Å². The molecule has 2 fully saturated rings. The number of carbonyl (C=O) groups excluding carboxylic acids is 5. The molecular weight excluding hydrogens is 1260 g/mol. The highest BCUT2D eigenvalue weighted by Gasteiger charge is 2.28. The molecule has 10 rings (SSSR count). The van der Waals surface area contributed by atoms with E-state index in [2.05, 4.69) is 70.5 Å². The van der Waals surface area contributed by atoms with Gasteiger partial charge in [-0.05, 0) is 96.8 Å². The average Bonchev–Trinajstić information content (AvgIpc) is 0.799. The molecule has 97 heavy (non-hydrogen) atoms. The summed E-state index contributed by atoms with van der Waals surface area (Å²) >= 11 is 0. The van der Waals surface area contributed by atoms with Crippen LogP contribution in [-0.2, 0) is 57.4 Å². The van der Waals surface area contributed by atoms with Gasteiger partial charge in [0.05, 0.1) is 87.5 Å². The molecule has 1 amide bonds. The predicted octanol–water partition coefficient (Wildman–Crippen LogP) is 2.27. The topological polar surface area (TPSA) is 399 Å². The molecule has 6 heterocycles. The van der Waals surface area contributed by atoms with Gasteiger partial charge in [0.2, 0.25) is 5.91 Å². The van der Waals surface area contributed by atoms with Gasteiger partial charge in [0, 0.05) is 109 Å². The minimum absolute atomic E-state index is 0.000250. The lowest BCUT2D eigenvalue weighted by molar-refractivity contribution is -0.168. The van der Waals surface area contributed by atoms with Crippen LogP contribution in [0.5, 0.6) is 0 Å². The molecular formula is C68H66N12O17. The third-order valence-corrected chi connectivity index (χ3v) is 14.6. The SMILES string of the molecule is Nc1ccc(C#Cc2ccc3ccc4cccnc4c3n2)cc1.O=C(O)CN(CCN(CC(=O)O)CC(=O)O)CCN(CC(=O)O)CC(=O)Nc1ccc(C#Cc2ccc3ccc4cccnc4c3n2)cc1.O=C(O)CN(CCN1CC(=O)OC(=O)C1)CCN1CC(=O)OC(=O)C1. The van der Waals surface area contributed by atoms with Gasteiger partial charge in [-0.1, -0.05) is 48.2 Å². The Balaban J connectivity index is 0.000000208. The van der Waals surface area contributed by atoms with Crippen LogP contribution < -0.4 is 11.1 Å². The fourth-order valence-electron chi connectivity index (χ4n) is 10.1. The number of esters is 4. The van der Waals surface area contributed by atoms with Crippen molar-refractivity contribution >= 4 is 115 Å². The van der Waals surface area contributed by atoms with E-state index < -0.39 is 85.8 Å². The van der Waals surface area contributed by atoms with E-state index in [0.717, 1.165) is 65.5 Å². The van der Waals surface area contributed by atoms with E-state index in [1.54, 1.807) is 51.4 Å². The van der Waals surface area contributed by atoms with Crippen molar-refractivity contribution in [3.8, 4) is 23.7 Å². The van der Waals surface area contributed by atoms with Crippen molar-refractivity contribution in [2.24, 2.45) is 0 Å². The normalized spacial score (nSPS) is 13.2. The van der Waals surface area contributed by atoms with Crippen molar-refractivity contribution < 1.29 is 83.0 Å². The number of anilines is 2. The number of hydrogen-bond acceptors (Lipinski definition) is 23. The first-order valence-corrected chi connectivity index (χ1v) is 30.0. The molecule has 4 aromatic carbocycles. The summed E-state index contributed by atoms with van der Waals surface area (Å²) in [6.45, 7) is -1.52. The number of aromatic nitrogens is 4. The van der Waals surface area contributed by atoms with Crippen LogP contribution in [0.1, 0.15) is 22.5 Å². The molecule has 8 N–H and O–H groups in total. The van der Waals surface area contributed by atoms with E-state index in [4.69, 9.17) is 21.1 Å². The maximum absolute atomic E-state index is 12.8. The number of rotatable bonds is 25. The Kier molecular flexibility index (Phi) is 25.7. The minimum atomic E-state index is -1.24. The Morgan fingerprint density at radius 3 is 1.16 bits per heavy atom. The van der Waals surface area contributed by atoms with Crippen LogP contribution in [0.2, 0.25) is 0 Å². The Labute approximate surface area is 553 Å². The average molecular weight is 1320 g/mol. The second-order valence-electron chi connectivity index (χ2n) is 22.1. The van der Waals surface area contributed by atoms with E-state index in [1.807, 2.05) is 84.9 Å². The predicted molar refractivity (Wildman–Crippen MR) is 351 cm³/mol. The molecule has 2 saturated heterocycles. The monoisotopic (exact) mass is 1320 g/mol. The summed E-state index contributed by atoms with van der Waals surface area (Å²) in [5.41, 5.74) is 13.1. The number of cyclic esters (lactones) is 4. The molecule has 2 aliphatic rings. The van der Waals surface area contributed by atoms with E-state index in [-0.39, 0.29) is 65.4 Å². The van der Waals surface area contributed by atoms with Crippen molar-refractivity contribution in [3.63, 3.8) is 0 Å². The maximum atomic E-state index is 12.8. The molecule has 0 saturated carbocycles. The van der Waals surface area contributed by atoms with Gasteiger partial charge in [0.25, 0.3) is 0 Å². The number of pyridine rings is 4. The van der Waals surface area contributed by atoms with E-state index in [9.17, 15) is 58.2 Å². The molecule has 2 aliphatic heterocycles. The van der Waals surface area contributed by atoms with Gasteiger partial charge in [-0.15, -0.1) is 0 Å². The number of nitrogens with zero attached hydrogens (tertiary/aromatic N) is 10. The van der Waals surface area contributed by atoms with Crippen LogP contribution in [-0.4, -0.2) is 252 Å². The number of aliphatic carboxylic acids is 5. The first-order chi connectivity index (χ1) is 46.5. The first kappa shape index (κ1) is 71.2. The highest BCUT2D eigenvalue weighted by atomic mass is 16.6. The van der Waals surface area contributed by atoms with E-state index in [1.165, 1.54) is 9.80 Å². The second-order valence-corrected chi connectivity index (χ2v) is 22.1. The van der Waals surface area contributed by atoms with Crippen LogP contribution in [0, 0.1) is 23.7 Å². The molecule has 0 unspecified atom stereocenters. The molecule has 0 spiro atoms. The first-order valence-electron chi connectivity index (χ1n) is 30.0. The van der Waals surface area contributed by atoms with Gasteiger partial charge >= 0.3 is 53.7 Å². The Hall–Kier alpha value is -11.7. The molecule has 29 nitrogen and oxygen atoms in total. The number of morpholine rings is 2. The fourth-order valence-corrected chi connectivity index (χ4v) is 10.1. The number of carbonyl (C=O) groups is 10. The minimum Gasteiger partial charge on any atom is -0.480 e. The number of carboxylic acids is 5. The van der Waals surface area contributed by atoms with Gasteiger partial charge in [-0.25, -0.2) is 9.97 Å². The quantitative estimate of drug-likeness (QED) is 0.0142. The van der Waals surface area contributed by atoms with E-state index >= 15 is 0 Å². The maximum Gasteiger partial charge on any atom is 0.327 e. The third kappa shape index (κ3) is 23.4. The van der Waals surface area contributed by atoms with E-state index in [0.29, 0.717) is 43.1 Å². The molecule has 0 radical (unpaired) electrons. The van der Waals surface area contributed by atoms with Crippen molar-refractivity contribution in [3.05, 3.63) is 156 Å². The van der Waals surface area contributed by atoms with Crippen LogP contribution in [0.25, 0.3) is 43.6 Å². The summed E-state index contributed by atoms with van der Waals surface area (Å²) in [4.78, 5) is 141. The standard InChI is InChI=1S/C34H34N6O9.C20H13N3.C14H19N3O8/c41-28(18-39(20-30(44)45)16-14-38(19-29(42)43)15-17-40(21-31(46)47)22-32(48)49)36-26-9-3-23(4-10-26)5-11-27-12-8-25-7-6-24-2-1-13-35-33(24)34(25)37-27;21-17-9-3-14(4-10-17)5-11-18-12-8-16-7-6-15-2-1-13-22-19(15)20(16)23-18;18-10(19)5-15(1-3-16-6-11(20)24-12(21)7-16)2-4-17-8-13(22)25-14(23)9-17/h1-4,6-10,12-13H,14-22H2,(H,36,41)(H,42,43)(H,44,45)(H,46,47)(H,48,49);1-4,6-10,12-13H,21H2;1-9H2,(H,18,19). The van der Waals surface area contributed by atoms with Gasteiger partial charge < -0.3 is 46.1 Å².